The SMILES string of the molecule is COc1ccc(-[n+]2[nH]oc(=O)c2C(=O)Nc2sc3c(c2C#N)CCN(Cc2ccccc2)C3)cc1. The second-order valence-corrected chi connectivity index (χ2v) is 9.19. The molecule has 0 radical (unpaired) electrons. The molecule has 1 aliphatic rings. The summed E-state index contributed by atoms with van der Waals surface area (Å²) in [5.74, 6) is -0.0256. The number of nitrogens with one attached hydrogen (secondary N) is 2. The number of nitriles is 1. The molecular weight excluding hydrogens is 466 g/mol. The molecule has 0 bridgehead atoms. The van der Waals surface area contributed by atoms with E-state index in [0.717, 1.165) is 30.0 Å². The fourth-order valence-electron chi connectivity index (χ4n) is 4.18. The number of hydrogen-bond acceptors (Lipinski definition) is 7. The Kier molecular flexibility index (Phi) is 6.18. The molecule has 0 spiro atoms. The van der Waals surface area contributed by atoms with Crippen LogP contribution in [-0.4, -0.2) is 29.7 Å². The van der Waals surface area contributed by atoms with Crippen LogP contribution in [0.4, 0.5) is 5.00 Å². The zero-order valence-corrected chi connectivity index (χ0v) is 19.7. The zero-order chi connectivity index (χ0) is 24.4. The maximum atomic E-state index is 13.1. The van der Waals surface area contributed by atoms with Gasteiger partial charge in [-0.3, -0.25) is 14.2 Å². The predicted molar refractivity (Wildman–Crippen MR) is 129 cm³/mol. The lowest BCUT2D eigenvalue weighted by Crippen LogP contribution is -2.42. The highest BCUT2D eigenvalue weighted by molar-refractivity contribution is 7.16. The topological polar surface area (TPSA) is 115 Å². The molecule has 2 aromatic heterocycles. The first-order valence-corrected chi connectivity index (χ1v) is 11.8. The van der Waals surface area contributed by atoms with Crippen molar-refractivity contribution in [2.24, 2.45) is 0 Å². The number of hydrogen-bond donors (Lipinski definition) is 2. The van der Waals surface area contributed by atoms with Gasteiger partial charge in [-0.2, -0.15) is 5.26 Å². The van der Waals surface area contributed by atoms with Gasteiger partial charge in [0.15, 0.2) is 0 Å². The Balaban J connectivity index is 1.39. The number of amides is 1. The summed E-state index contributed by atoms with van der Waals surface area (Å²) in [6.07, 6.45) is 0.718. The van der Waals surface area contributed by atoms with Crippen LogP contribution in [0.1, 0.15) is 32.1 Å². The first-order chi connectivity index (χ1) is 17.1. The molecular formula is C25H22N5O4S+. The number of fused-ring (bicyclic) bond motifs is 1. The summed E-state index contributed by atoms with van der Waals surface area (Å²) in [6.45, 7) is 2.32. The monoisotopic (exact) mass is 488 g/mol. The smallest absolute Gasteiger partial charge is 0.441 e. The fraction of sp³-hybridized carbons (Fsp3) is 0.200. The van der Waals surface area contributed by atoms with Crippen molar-refractivity contribution in [2.45, 2.75) is 19.5 Å². The van der Waals surface area contributed by atoms with Crippen LogP contribution in [0.5, 0.6) is 5.75 Å². The van der Waals surface area contributed by atoms with Crippen LogP contribution in [0.2, 0.25) is 0 Å². The molecule has 1 amide bonds. The summed E-state index contributed by atoms with van der Waals surface area (Å²) >= 11 is 1.37. The molecule has 176 valence electrons. The molecule has 1 aliphatic heterocycles. The fourth-order valence-corrected chi connectivity index (χ4v) is 5.42. The highest BCUT2D eigenvalue weighted by Crippen LogP contribution is 2.37. The van der Waals surface area contributed by atoms with E-state index in [-0.39, 0.29) is 5.69 Å². The average Bonchev–Trinajstić information content (AvgIpc) is 3.43. The number of ether oxygens (including phenoxy) is 1. The van der Waals surface area contributed by atoms with Gasteiger partial charge in [-0.05, 0) is 39.6 Å². The van der Waals surface area contributed by atoms with Crippen LogP contribution in [0, 0.1) is 11.3 Å². The molecule has 35 heavy (non-hydrogen) atoms. The molecule has 0 fully saturated rings. The second kappa shape index (κ2) is 9.58. The van der Waals surface area contributed by atoms with Gasteiger partial charge in [-0.25, -0.2) is 4.79 Å². The molecule has 10 heteroatoms. The number of methoxy groups -OCH3 is 1. The molecule has 5 rings (SSSR count). The van der Waals surface area contributed by atoms with Gasteiger partial charge in [0.1, 0.15) is 16.8 Å². The standard InChI is InChI=1S/C25H21N5O4S/c1-33-18-9-7-17(8-10-18)30-22(25(32)34-28-30)23(31)27-24-20(13-26)19-11-12-29(15-21(19)35-24)14-16-5-3-2-4-6-16/h2-10H,11-12,14-15H2,1H3,(H-,27,28,31,32)/p+1. The highest BCUT2D eigenvalue weighted by Gasteiger charge is 2.33. The minimum Gasteiger partial charge on any atom is -0.497 e. The number of carbonyl (C=O) groups excluding carboxylic acids is 1. The van der Waals surface area contributed by atoms with Crippen LogP contribution in [-0.2, 0) is 19.5 Å². The number of aromatic amines is 1. The Morgan fingerprint density at radius 1 is 1.26 bits per heavy atom. The van der Waals surface area contributed by atoms with E-state index in [9.17, 15) is 14.9 Å². The van der Waals surface area contributed by atoms with E-state index in [2.05, 4.69) is 33.7 Å². The number of aromatic nitrogens is 2. The van der Waals surface area contributed by atoms with Crippen molar-refractivity contribution in [1.29, 1.82) is 5.26 Å². The third-order valence-corrected chi connectivity index (χ3v) is 7.05. The van der Waals surface area contributed by atoms with Gasteiger partial charge in [-0.15, -0.1) is 11.3 Å². The number of thiophene rings is 1. The highest BCUT2D eigenvalue weighted by atomic mass is 32.1. The third kappa shape index (κ3) is 4.47. The largest absolute Gasteiger partial charge is 0.497 e. The Labute approximate surface area is 204 Å². The van der Waals surface area contributed by atoms with E-state index < -0.39 is 11.5 Å². The summed E-state index contributed by atoms with van der Waals surface area (Å²) in [5, 5.41) is 15.5. The Morgan fingerprint density at radius 3 is 2.74 bits per heavy atom. The maximum absolute atomic E-state index is 13.1. The van der Waals surface area contributed by atoms with Gasteiger partial charge in [0.25, 0.3) is 0 Å². The van der Waals surface area contributed by atoms with Gasteiger partial charge in [0.2, 0.25) is 5.69 Å². The van der Waals surface area contributed by atoms with Crippen LogP contribution in [0.15, 0.2) is 63.9 Å². The summed E-state index contributed by atoms with van der Waals surface area (Å²) < 4.78 is 11.3. The molecule has 4 aromatic rings. The normalized spacial score (nSPS) is 13.1. The number of rotatable bonds is 6. The van der Waals surface area contributed by atoms with Gasteiger partial charge in [0.05, 0.1) is 12.7 Å². The first kappa shape index (κ1) is 22.6. The molecule has 0 aliphatic carbocycles. The number of carbonyl (C=O) groups is 1. The van der Waals surface area contributed by atoms with Gasteiger partial charge < -0.3 is 10.1 Å². The second-order valence-electron chi connectivity index (χ2n) is 8.08. The molecule has 0 atom stereocenters. The Hall–Kier alpha value is -4.20. The maximum Gasteiger partial charge on any atom is 0.441 e. The summed E-state index contributed by atoms with van der Waals surface area (Å²) in [6, 6.07) is 19.3. The zero-order valence-electron chi connectivity index (χ0n) is 18.9. The van der Waals surface area contributed by atoms with E-state index in [1.54, 1.807) is 31.4 Å². The van der Waals surface area contributed by atoms with Crippen molar-refractivity contribution < 1.29 is 18.7 Å². The lowest BCUT2D eigenvalue weighted by molar-refractivity contribution is -0.672. The number of H-pyrrole nitrogens is 1. The summed E-state index contributed by atoms with van der Waals surface area (Å²) in [7, 11) is 1.55. The quantitative estimate of drug-likeness (QED) is 0.403. The van der Waals surface area contributed by atoms with Gasteiger partial charge >= 0.3 is 17.2 Å². The lowest BCUT2D eigenvalue weighted by Gasteiger charge is -2.26. The summed E-state index contributed by atoms with van der Waals surface area (Å²) in [5.41, 5.74) is 2.12. The molecule has 2 N–H and O–H groups in total. The molecule has 0 saturated heterocycles. The minimum absolute atomic E-state index is 0.226. The minimum atomic E-state index is -0.813. The van der Waals surface area contributed by atoms with Crippen LogP contribution in [0.25, 0.3) is 5.69 Å². The van der Waals surface area contributed by atoms with Crippen molar-refractivity contribution in [3.05, 3.63) is 92.3 Å². The van der Waals surface area contributed by atoms with Crippen molar-refractivity contribution >= 4 is 22.2 Å². The van der Waals surface area contributed by atoms with E-state index in [1.165, 1.54) is 21.6 Å². The van der Waals surface area contributed by atoms with Crippen LogP contribution >= 0.6 is 11.3 Å². The van der Waals surface area contributed by atoms with E-state index in [4.69, 9.17) is 9.26 Å². The average molecular weight is 489 g/mol. The van der Waals surface area contributed by atoms with Crippen LogP contribution < -0.4 is 20.4 Å². The molecule has 0 unspecified atom stereocenters. The number of benzene rings is 2. The number of anilines is 1. The van der Waals surface area contributed by atoms with E-state index >= 15 is 0 Å². The van der Waals surface area contributed by atoms with Crippen molar-refractivity contribution in [3.63, 3.8) is 0 Å². The van der Waals surface area contributed by atoms with Crippen molar-refractivity contribution in [2.75, 3.05) is 19.0 Å². The van der Waals surface area contributed by atoms with Crippen molar-refractivity contribution in [3.8, 4) is 17.5 Å². The Morgan fingerprint density at radius 2 is 2.03 bits per heavy atom. The summed E-state index contributed by atoms with van der Waals surface area (Å²) in [4.78, 5) is 28.9. The van der Waals surface area contributed by atoms with Crippen molar-refractivity contribution in [1.82, 2.24) is 10.2 Å². The van der Waals surface area contributed by atoms with E-state index in [0.29, 0.717) is 28.5 Å². The molecule has 9 nitrogen and oxygen atoms in total. The Bertz CT molecular complexity index is 1460. The van der Waals surface area contributed by atoms with Gasteiger partial charge in [-0.1, -0.05) is 30.3 Å². The molecule has 0 saturated carbocycles. The van der Waals surface area contributed by atoms with Gasteiger partial charge in [0, 0.05) is 36.6 Å². The molecule has 2 aromatic carbocycles. The third-order valence-electron chi connectivity index (χ3n) is 5.92. The van der Waals surface area contributed by atoms with E-state index in [1.807, 2.05) is 18.2 Å². The lowest BCUT2D eigenvalue weighted by atomic mass is 10.0. The van der Waals surface area contributed by atoms with Crippen LogP contribution in [0.3, 0.4) is 0 Å². The predicted octanol–water partition coefficient (Wildman–Crippen LogP) is 3.00. The molecule has 3 heterocycles. The number of nitrogens with zero attached hydrogens (tertiary/aromatic N) is 3. The first-order valence-electron chi connectivity index (χ1n) is 11.0.